The number of piperazine rings is 1. The smallest absolute Gasteiger partial charge is 0.240 e. The van der Waals surface area contributed by atoms with Gasteiger partial charge in [-0.2, -0.15) is 0 Å². The number of rotatable bonds is 4. The number of nitrogens with zero attached hydrogens (tertiary/aromatic N) is 1. The molecule has 2 rings (SSSR count). The molecule has 1 N–H and O–H groups in total. The van der Waals surface area contributed by atoms with Crippen LogP contribution in [0.5, 0.6) is 0 Å². The molecule has 1 aliphatic heterocycles. The Bertz CT molecular complexity index is 387. The third kappa shape index (κ3) is 4.99. The molecule has 6 heteroatoms. The van der Waals surface area contributed by atoms with Crippen molar-refractivity contribution >= 4 is 28.3 Å². The zero-order valence-electron chi connectivity index (χ0n) is 10.5. The van der Waals surface area contributed by atoms with Gasteiger partial charge in [0.15, 0.2) is 0 Å². The van der Waals surface area contributed by atoms with Crippen LogP contribution in [0.1, 0.15) is 18.0 Å². The summed E-state index contributed by atoms with van der Waals surface area (Å²) in [7, 11) is 0. The highest BCUT2D eigenvalue weighted by Gasteiger charge is 2.25. The zero-order valence-corrected chi connectivity index (χ0v) is 12.9. The summed E-state index contributed by atoms with van der Waals surface area (Å²) in [5, 5.41) is 3.25. The van der Waals surface area contributed by atoms with Crippen LogP contribution in [-0.4, -0.2) is 37.5 Å². The summed E-state index contributed by atoms with van der Waals surface area (Å²) in [5.74, 6) is 0. The Morgan fingerprint density at radius 1 is 1.26 bits per heavy atom. The highest BCUT2D eigenvalue weighted by Crippen LogP contribution is 2.29. The van der Waals surface area contributed by atoms with Gasteiger partial charge in [0, 0.05) is 43.1 Å². The SMILES string of the molecule is Cl.FC(F)C[C@H](c1cccc(Br)c1)N1CCNCC1. The standard InChI is InChI=1S/C13H17BrF2N2.ClH/c14-11-3-1-2-10(8-11)12(9-13(15)16)18-6-4-17-5-7-18;/h1-3,8,12-13,17H,4-7,9H2;1H/t12-;/m1./s1. The second-order valence-corrected chi connectivity index (χ2v) is 5.40. The molecule has 1 aromatic carbocycles. The van der Waals surface area contributed by atoms with E-state index in [1.165, 1.54) is 0 Å². The fourth-order valence-corrected chi connectivity index (χ4v) is 2.79. The molecule has 0 spiro atoms. The van der Waals surface area contributed by atoms with Gasteiger partial charge in [-0.25, -0.2) is 8.78 Å². The third-order valence-electron chi connectivity index (χ3n) is 3.23. The topological polar surface area (TPSA) is 15.3 Å². The molecule has 0 saturated carbocycles. The molecule has 0 aliphatic carbocycles. The highest BCUT2D eigenvalue weighted by molar-refractivity contribution is 9.10. The average molecular weight is 356 g/mol. The van der Waals surface area contributed by atoms with Gasteiger partial charge in [0.2, 0.25) is 6.43 Å². The van der Waals surface area contributed by atoms with Crippen LogP contribution in [0.3, 0.4) is 0 Å². The summed E-state index contributed by atoms with van der Waals surface area (Å²) in [5.41, 5.74) is 0.964. The van der Waals surface area contributed by atoms with E-state index < -0.39 is 6.43 Å². The number of hydrogen-bond acceptors (Lipinski definition) is 2. The molecule has 108 valence electrons. The van der Waals surface area contributed by atoms with E-state index in [2.05, 4.69) is 26.1 Å². The zero-order chi connectivity index (χ0) is 13.0. The molecule has 1 aromatic rings. The van der Waals surface area contributed by atoms with E-state index in [0.717, 1.165) is 36.2 Å². The molecule has 0 aromatic heterocycles. The van der Waals surface area contributed by atoms with E-state index in [1.807, 2.05) is 24.3 Å². The average Bonchev–Trinajstić information content (AvgIpc) is 2.37. The van der Waals surface area contributed by atoms with E-state index in [4.69, 9.17) is 0 Å². The van der Waals surface area contributed by atoms with Crippen molar-refractivity contribution in [3.8, 4) is 0 Å². The van der Waals surface area contributed by atoms with Crippen LogP contribution < -0.4 is 5.32 Å². The largest absolute Gasteiger partial charge is 0.314 e. The quantitative estimate of drug-likeness (QED) is 0.889. The number of benzene rings is 1. The summed E-state index contributed by atoms with van der Waals surface area (Å²) < 4.78 is 26.5. The Kier molecular flexibility index (Phi) is 7.21. The fourth-order valence-electron chi connectivity index (χ4n) is 2.37. The molecule has 1 heterocycles. The summed E-state index contributed by atoms with van der Waals surface area (Å²) >= 11 is 3.40. The fraction of sp³-hybridized carbons (Fsp3) is 0.538. The normalized spacial score (nSPS) is 18.1. The predicted octanol–water partition coefficient (Wildman–Crippen LogP) is 3.47. The van der Waals surface area contributed by atoms with Crippen molar-refractivity contribution in [1.29, 1.82) is 0 Å². The van der Waals surface area contributed by atoms with Gasteiger partial charge in [0.1, 0.15) is 0 Å². The van der Waals surface area contributed by atoms with Crippen LogP contribution in [0.15, 0.2) is 28.7 Å². The Labute approximate surface area is 127 Å². The maximum atomic E-state index is 12.8. The molecule has 1 atom stereocenters. The van der Waals surface area contributed by atoms with Gasteiger partial charge in [-0.1, -0.05) is 28.1 Å². The van der Waals surface area contributed by atoms with E-state index in [-0.39, 0.29) is 24.9 Å². The second-order valence-electron chi connectivity index (χ2n) is 4.48. The minimum Gasteiger partial charge on any atom is -0.314 e. The summed E-state index contributed by atoms with van der Waals surface area (Å²) in [6.45, 7) is 3.38. The molecule has 1 aliphatic rings. The summed E-state index contributed by atoms with van der Waals surface area (Å²) in [6, 6.07) is 7.50. The maximum Gasteiger partial charge on any atom is 0.240 e. The summed E-state index contributed by atoms with van der Waals surface area (Å²) in [4.78, 5) is 2.14. The summed E-state index contributed by atoms with van der Waals surface area (Å²) in [6.07, 6.45) is -2.37. The van der Waals surface area contributed by atoms with Crippen molar-refractivity contribution in [3.05, 3.63) is 34.3 Å². The van der Waals surface area contributed by atoms with Crippen LogP contribution in [0, 0.1) is 0 Å². The van der Waals surface area contributed by atoms with E-state index in [1.54, 1.807) is 0 Å². The lowest BCUT2D eigenvalue weighted by Crippen LogP contribution is -2.45. The van der Waals surface area contributed by atoms with Crippen molar-refractivity contribution in [2.24, 2.45) is 0 Å². The van der Waals surface area contributed by atoms with Crippen LogP contribution in [0.4, 0.5) is 8.78 Å². The molecule has 0 radical (unpaired) electrons. The van der Waals surface area contributed by atoms with Gasteiger partial charge in [0.25, 0.3) is 0 Å². The third-order valence-corrected chi connectivity index (χ3v) is 3.72. The minimum atomic E-state index is -2.27. The van der Waals surface area contributed by atoms with Gasteiger partial charge in [0.05, 0.1) is 0 Å². The molecule has 0 amide bonds. The maximum absolute atomic E-state index is 12.8. The lowest BCUT2D eigenvalue weighted by Gasteiger charge is -2.35. The lowest BCUT2D eigenvalue weighted by molar-refractivity contribution is 0.0739. The van der Waals surface area contributed by atoms with Crippen LogP contribution in [0.25, 0.3) is 0 Å². The van der Waals surface area contributed by atoms with Gasteiger partial charge >= 0.3 is 0 Å². The first-order chi connectivity index (χ1) is 8.66. The van der Waals surface area contributed by atoms with Crippen molar-refractivity contribution in [2.45, 2.75) is 18.9 Å². The number of hydrogen-bond donors (Lipinski definition) is 1. The monoisotopic (exact) mass is 354 g/mol. The van der Waals surface area contributed by atoms with E-state index >= 15 is 0 Å². The number of halogens is 4. The predicted molar refractivity (Wildman–Crippen MR) is 79.2 cm³/mol. The van der Waals surface area contributed by atoms with Gasteiger partial charge in [-0.05, 0) is 17.7 Å². The van der Waals surface area contributed by atoms with Crippen molar-refractivity contribution in [3.63, 3.8) is 0 Å². The molecule has 1 saturated heterocycles. The second kappa shape index (κ2) is 8.15. The van der Waals surface area contributed by atoms with Crippen molar-refractivity contribution in [1.82, 2.24) is 10.2 Å². The first kappa shape index (κ1) is 16.8. The molecule has 2 nitrogen and oxygen atoms in total. The Hall–Kier alpha value is -0.230. The van der Waals surface area contributed by atoms with Crippen LogP contribution in [0.2, 0.25) is 0 Å². The first-order valence-corrected chi connectivity index (χ1v) is 6.94. The number of alkyl halides is 2. The van der Waals surface area contributed by atoms with E-state index in [0.29, 0.717) is 0 Å². The Balaban J connectivity index is 0.00000180. The molecular formula is C13H18BrClF2N2. The molecule has 1 fully saturated rings. The van der Waals surface area contributed by atoms with Crippen molar-refractivity contribution < 1.29 is 8.78 Å². The highest BCUT2D eigenvalue weighted by atomic mass is 79.9. The molecule has 0 unspecified atom stereocenters. The van der Waals surface area contributed by atoms with Gasteiger partial charge in [-0.3, -0.25) is 4.90 Å². The molecular weight excluding hydrogens is 338 g/mol. The molecule has 19 heavy (non-hydrogen) atoms. The Morgan fingerprint density at radius 3 is 2.53 bits per heavy atom. The van der Waals surface area contributed by atoms with E-state index in [9.17, 15) is 8.78 Å². The van der Waals surface area contributed by atoms with Crippen LogP contribution in [-0.2, 0) is 0 Å². The van der Waals surface area contributed by atoms with Crippen LogP contribution >= 0.6 is 28.3 Å². The minimum absolute atomic E-state index is 0. The Morgan fingerprint density at radius 2 is 1.95 bits per heavy atom. The lowest BCUT2D eigenvalue weighted by atomic mass is 10.0. The van der Waals surface area contributed by atoms with Gasteiger partial charge < -0.3 is 5.32 Å². The first-order valence-electron chi connectivity index (χ1n) is 6.15. The van der Waals surface area contributed by atoms with Crippen molar-refractivity contribution in [2.75, 3.05) is 26.2 Å². The van der Waals surface area contributed by atoms with Gasteiger partial charge in [-0.15, -0.1) is 12.4 Å². The number of nitrogens with one attached hydrogen (secondary N) is 1. The molecule has 0 bridgehead atoms.